The zero-order valence-corrected chi connectivity index (χ0v) is 20.9. The van der Waals surface area contributed by atoms with Crippen molar-refractivity contribution in [1.29, 1.82) is 0 Å². The maximum atomic E-state index is 12.8. The van der Waals surface area contributed by atoms with E-state index in [1.165, 1.54) is 17.3 Å². The number of aromatic nitrogens is 3. The predicted molar refractivity (Wildman–Crippen MR) is 137 cm³/mol. The molecule has 1 fully saturated rings. The van der Waals surface area contributed by atoms with Gasteiger partial charge in [-0.05, 0) is 42.5 Å². The molecule has 7 nitrogen and oxygen atoms in total. The van der Waals surface area contributed by atoms with Gasteiger partial charge in [-0.1, -0.05) is 68.1 Å². The van der Waals surface area contributed by atoms with Crippen LogP contribution in [0.25, 0.3) is 5.69 Å². The van der Waals surface area contributed by atoms with Crippen LogP contribution in [0.2, 0.25) is 0 Å². The Labute approximate surface area is 205 Å². The van der Waals surface area contributed by atoms with Crippen molar-refractivity contribution in [2.45, 2.75) is 38.4 Å². The van der Waals surface area contributed by atoms with Gasteiger partial charge in [0.1, 0.15) is 0 Å². The maximum absolute atomic E-state index is 12.8. The minimum absolute atomic E-state index is 0.0284. The quantitative estimate of drug-likeness (QED) is 0.462. The molecule has 1 unspecified atom stereocenters. The highest BCUT2D eigenvalue weighted by Gasteiger charge is 2.22. The van der Waals surface area contributed by atoms with Gasteiger partial charge in [-0.2, -0.15) is 0 Å². The fourth-order valence-electron chi connectivity index (χ4n) is 4.04. The summed E-state index contributed by atoms with van der Waals surface area (Å²) in [6, 6.07) is 18.5. The second kappa shape index (κ2) is 11.5. The Hall–Kier alpha value is -2.84. The molecule has 1 atom stereocenters. The minimum Gasteiger partial charge on any atom is -0.378 e. The summed E-state index contributed by atoms with van der Waals surface area (Å²) in [5.41, 5.74) is 3.41. The van der Waals surface area contributed by atoms with E-state index >= 15 is 0 Å². The fourth-order valence-corrected chi connectivity index (χ4v) is 4.80. The Balaban J connectivity index is 1.41. The summed E-state index contributed by atoms with van der Waals surface area (Å²) < 4.78 is 7.52. The van der Waals surface area contributed by atoms with E-state index in [1.807, 2.05) is 41.8 Å². The molecule has 4 rings (SSSR count). The molecule has 0 spiro atoms. The first-order valence-corrected chi connectivity index (χ1v) is 12.8. The largest absolute Gasteiger partial charge is 0.378 e. The number of amides is 1. The van der Waals surface area contributed by atoms with Crippen molar-refractivity contribution in [1.82, 2.24) is 20.1 Å². The zero-order valence-electron chi connectivity index (χ0n) is 20.1. The molecule has 0 saturated carbocycles. The van der Waals surface area contributed by atoms with Crippen LogP contribution in [0.4, 0.5) is 5.95 Å². The van der Waals surface area contributed by atoms with E-state index in [4.69, 9.17) is 4.74 Å². The third kappa shape index (κ3) is 6.18. The number of ether oxygens (including phenoxy) is 1. The van der Waals surface area contributed by atoms with E-state index in [2.05, 4.69) is 58.5 Å². The van der Waals surface area contributed by atoms with Gasteiger partial charge in [-0.15, -0.1) is 10.2 Å². The highest BCUT2D eigenvalue weighted by Crippen LogP contribution is 2.27. The lowest BCUT2D eigenvalue weighted by molar-refractivity contribution is -0.119. The number of thioether (sulfide) groups is 1. The van der Waals surface area contributed by atoms with Gasteiger partial charge >= 0.3 is 0 Å². The van der Waals surface area contributed by atoms with Crippen LogP contribution in [-0.2, 0) is 16.0 Å². The first-order chi connectivity index (χ1) is 16.5. The van der Waals surface area contributed by atoms with Gasteiger partial charge in [0.25, 0.3) is 0 Å². The molecule has 1 saturated heterocycles. The molecule has 34 heavy (non-hydrogen) atoms. The van der Waals surface area contributed by atoms with Crippen molar-refractivity contribution in [3.05, 3.63) is 65.7 Å². The summed E-state index contributed by atoms with van der Waals surface area (Å²) >= 11 is 1.40. The number of morpholine rings is 1. The molecule has 0 aliphatic carbocycles. The lowest BCUT2D eigenvalue weighted by Gasteiger charge is -2.27. The Morgan fingerprint density at radius 2 is 1.74 bits per heavy atom. The maximum Gasteiger partial charge on any atom is 0.232 e. The normalized spacial score (nSPS) is 14.9. The molecule has 1 N–H and O–H groups in total. The van der Waals surface area contributed by atoms with Crippen LogP contribution < -0.4 is 10.2 Å². The fraction of sp³-hybridized carbons (Fsp3) is 0.423. The Morgan fingerprint density at radius 3 is 2.41 bits per heavy atom. The number of para-hydroxylation sites is 1. The highest BCUT2D eigenvalue weighted by molar-refractivity contribution is 7.99. The van der Waals surface area contributed by atoms with Crippen molar-refractivity contribution in [3.8, 4) is 5.69 Å². The number of benzene rings is 2. The van der Waals surface area contributed by atoms with Gasteiger partial charge in [-0.3, -0.25) is 9.36 Å². The second-order valence-electron chi connectivity index (χ2n) is 8.97. The summed E-state index contributed by atoms with van der Waals surface area (Å²) in [5, 5.41) is 12.7. The van der Waals surface area contributed by atoms with E-state index in [9.17, 15) is 4.79 Å². The summed E-state index contributed by atoms with van der Waals surface area (Å²) in [4.78, 5) is 14.9. The first kappa shape index (κ1) is 24.3. The number of nitrogens with zero attached hydrogens (tertiary/aromatic N) is 4. The third-order valence-electron chi connectivity index (χ3n) is 5.76. The van der Waals surface area contributed by atoms with Crippen LogP contribution in [0.15, 0.2) is 59.8 Å². The average molecular weight is 480 g/mol. The lowest BCUT2D eigenvalue weighted by atomic mass is 10.00. The summed E-state index contributed by atoms with van der Waals surface area (Å²) in [6.45, 7) is 9.33. The van der Waals surface area contributed by atoms with Crippen LogP contribution in [-0.4, -0.2) is 52.7 Å². The number of carbonyl (C=O) groups excluding carboxylic acids is 1. The van der Waals surface area contributed by atoms with Crippen molar-refractivity contribution in [2.24, 2.45) is 5.92 Å². The molecule has 1 aromatic heterocycles. The standard InChI is InChI=1S/C26H33N5O2S/c1-19(2)17-21-9-11-22(12-10-21)20(3)27-24(32)18-34-26-29-28-25(30-13-15-33-16-14-30)31(26)23-7-5-4-6-8-23/h4-12,19-20H,13-18H2,1-3H3,(H,27,32). The topological polar surface area (TPSA) is 72.3 Å². The van der Waals surface area contributed by atoms with Gasteiger partial charge in [-0.25, -0.2) is 0 Å². The summed E-state index contributed by atoms with van der Waals surface area (Å²) in [7, 11) is 0. The van der Waals surface area contributed by atoms with Crippen LogP contribution in [0.5, 0.6) is 0 Å². The van der Waals surface area contributed by atoms with Gasteiger partial charge in [0, 0.05) is 13.1 Å². The SMILES string of the molecule is CC(C)Cc1ccc(C(C)NC(=O)CSc2nnc(N3CCOCC3)n2-c2ccccc2)cc1. The second-order valence-corrected chi connectivity index (χ2v) is 9.91. The number of rotatable bonds is 9. The third-order valence-corrected chi connectivity index (χ3v) is 6.69. The van der Waals surface area contributed by atoms with Crippen molar-refractivity contribution < 1.29 is 9.53 Å². The number of hydrogen-bond donors (Lipinski definition) is 1. The van der Waals surface area contributed by atoms with E-state index in [-0.39, 0.29) is 17.7 Å². The van der Waals surface area contributed by atoms with Crippen molar-refractivity contribution >= 4 is 23.6 Å². The minimum atomic E-state index is -0.0582. The molecule has 1 aliphatic rings. The molecule has 2 aromatic carbocycles. The monoisotopic (exact) mass is 479 g/mol. The summed E-state index contributed by atoms with van der Waals surface area (Å²) in [6.07, 6.45) is 1.06. The van der Waals surface area contributed by atoms with Crippen LogP contribution in [0, 0.1) is 5.92 Å². The number of carbonyl (C=O) groups is 1. The molecule has 1 amide bonds. The molecule has 2 heterocycles. The number of hydrogen-bond acceptors (Lipinski definition) is 6. The van der Waals surface area contributed by atoms with E-state index < -0.39 is 0 Å². The molecule has 8 heteroatoms. The average Bonchev–Trinajstić information content (AvgIpc) is 3.28. The summed E-state index contributed by atoms with van der Waals surface area (Å²) in [5.74, 6) is 1.65. The predicted octanol–water partition coefficient (Wildman–Crippen LogP) is 4.27. The first-order valence-electron chi connectivity index (χ1n) is 11.9. The van der Waals surface area contributed by atoms with E-state index in [1.54, 1.807) is 0 Å². The molecule has 1 aliphatic heterocycles. The Kier molecular flexibility index (Phi) is 8.24. The zero-order chi connectivity index (χ0) is 23.9. The lowest BCUT2D eigenvalue weighted by Crippen LogP contribution is -2.37. The smallest absolute Gasteiger partial charge is 0.232 e. The molecule has 0 radical (unpaired) electrons. The van der Waals surface area contributed by atoms with Crippen LogP contribution >= 0.6 is 11.8 Å². The van der Waals surface area contributed by atoms with Gasteiger partial charge in [0.15, 0.2) is 5.16 Å². The van der Waals surface area contributed by atoms with Gasteiger partial charge in [0.2, 0.25) is 11.9 Å². The molecule has 0 bridgehead atoms. The molecular weight excluding hydrogens is 446 g/mol. The number of anilines is 1. The molecule has 3 aromatic rings. The van der Waals surface area contributed by atoms with Crippen LogP contribution in [0.1, 0.15) is 37.9 Å². The highest BCUT2D eigenvalue weighted by atomic mass is 32.2. The van der Waals surface area contributed by atoms with Gasteiger partial charge in [0.05, 0.1) is 30.7 Å². The molecule has 180 valence electrons. The Morgan fingerprint density at radius 1 is 1.03 bits per heavy atom. The van der Waals surface area contributed by atoms with Crippen LogP contribution in [0.3, 0.4) is 0 Å². The van der Waals surface area contributed by atoms with E-state index in [0.29, 0.717) is 24.3 Å². The van der Waals surface area contributed by atoms with Crippen molar-refractivity contribution in [2.75, 3.05) is 37.0 Å². The van der Waals surface area contributed by atoms with Gasteiger partial charge < -0.3 is 15.0 Å². The van der Waals surface area contributed by atoms with E-state index in [0.717, 1.165) is 36.7 Å². The Bertz CT molecular complexity index is 1060. The molecular formula is C26H33N5O2S. The number of nitrogens with one attached hydrogen (secondary N) is 1. The van der Waals surface area contributed by atoms with Crippen molar-refractivity contribution in [3.63, 3.8) is 0 Å².